The summed E-state index contributed by atoms with van der Waals surface area (Å²) in [6.07, 6.45) is 0.985. The molecule has 3 rings (SSSR count). The molecule has 1 aromatic carbocycles. The van der Waals surface area contributed by atoms with Gasteiger partial charge in [0.05, 0.1) is 5.56 Å². The number of rotatable bonds is 3. The Morgan fingerprint density at radius 1 is 1.35 bits per heavy atom. The predicted molar refractivity (Wildman–Crippen MR) is 96.2 cm³/mol. The highest BCUT2D eigenvalue weighted by atomic mass is 35.5. The van der Waals surface area contributed by atoms with E-state index in [-0.39, 0.29) is 24.4 Å². The largest absolute Gasteiger partial charge is 0.348 e. The lowest BCUT2D eigenvalue weighted by molar-refractivity contribution is 0.0939. The highest BCUT2D eigenvalue weighted by Gasteiger charge is 2.21. The van der Waals surface area contributed by atoms with Crippen LogP contribution in [0.2, 0.25) is 5.02 Å². The van der Waals surface area contributed by atoms with Crippen molar-refractivity contribution < 1.29 is 4.79 Å². The molecule has 0 bridgehead atoms. The van der Waals surface area contributed by atoms with Crippen LogP contribution >= 0.6 is 24.0 Å². The van der Waals surface area contributed by atoms with Crippen LogP contribution in [0, 0.1) is 13.8 Å². The maximum absolute atomic E-state index is 12.5. The molecule has 1 saturated heterocycles. The molecule has 1 unspecified atom stereocenters. The molecule has 23 heavy (non-hydrogen) atoms. The van der Waals surface area contributed by atoms with Crippen molar-refractivity contribution in [2.75, 3.05) is 13.1 Å². The summed E-state index contributed by atoms with van der Waals surface area (Å²) in [6, 6.07) is 9.83. The van der Waals surface area contributed by atoms with E-state index in [1.54, 1.807) is 0 Å². The zero-order chi connectivity index (χ0) is 15.7. The summed E-state index contributed by atoms with van der Waals surface area (Å²) in [7, 11) is 0. The van der Waals surface area contributed by atoms with Gasteiger partial charge < -0.3 is 15.2 Å². The van der Waals surface area contributed by atoms with E-state index in [4.69, 9.17) is 11.6 Å². The second kappa shape index (κ2) is 7.39. The summed E-state index contributed by atoms with van der Waals surface area (Å²) in [6.45, 7) is 5.78. The van der Waals surface area contributed by atoms with E-state index in [2.05, 4.69) is 15.2 Å². The minimum atomic E-state index is -0.00456. The first-order chi connectivity index (χ1) is 10.6. The Bertz CT molecular complexity index is 706. The molecule has 0 spiro atoms. The molecule has 6 heteroatoms. The van der Waals surface area contributed by atoms with Gasteiger partial charge >= 0.3 is 0 Å². The van der Waals surface area contributed by atoms with Crippen LogP contribution in [0.1, 0.15) is 28.2 Å². The highest BCUT2D eigenvalue weighted by Crippen LogP contribution is 2.23. The third kappa shape index (κ3) is 3.71. The Hall–Kier alpha value is -1.49. The molecule has 1 aliphatic rings. The van der Waals surface area contributed by atoms with E-state index in [1.807, 2.05) is 44.2 Å². The second-order valence-corrected chi connectivity index (χ2v) is 6.20. The van der Waals surface area contributed by atoms with E-state index in [0.29, 0.717) is 5.02 Å². The van der Waals surface area contributed by atoms with E-state index >= 15 is 0 Å². The standard InChI is InChI=1S/C17H20ClN3O.ClH/c1-11-8-16(17(22)20-14-6-7-19-10-14)12(2)21(11)15-5-3-4-13(18)9-15;/h3-5,8-9,14,19H,6-7,10H2,1-2H3,(H,20,22);1H. The Morgan fingerprint density at radius 2 is 2.13 bits per heavy atom. The third-order valence-electron chi connectivity index (χ3n) is 4.14. The van der Waals surface area contributed by atoms with Crippen molar-refractivity contribution >= 4 is 29.9 Å². The van der Waals surface area contributed by atoms with Crippen molar-refractivity contribution in [1.29, 1.82) is 0 Å². The first-order valence-corrected chi connectivity index (χ1v) is 7.90. The van der Waals surface area contributed by atoms with Gasteiger partial charge in [-0.25, -0.2) is 0 Å². The van der Waals surface area contributed by atoms with Crippen molar-refractivity contribution in [3.63, 3.8) is 0 Å². The van der Waals surface area contributed by atoms with E-state index < -0.39 is 0 Å². The molecule has 4 nitrogen and oxygen atoms in total. The minimum Gasteiger partial charge on any atom is -0.348 e. The Morgan fingerprint density at radius 3 is 2.78 bits per heavy atom. The molecule has 124 valence electrons. The lowest BCUT2D eigenvalue weighted by Gasteiger charge is -2.12. The fourth-order valence-electron chi connectivity index (χ4n) is 3.05. The van der Waals surface area contributed by atoms with Gasteiger partial charge in [-0.15, -0.1) is 12.4 Å². The van der Waals surface area contributed by atoms with E-state index in [9.17, 15) is 4.79 Å². The number of aromatic nitrogens is 1. The quantitative estimate of drug-likeness (QED) is 0.889. The number of aryl methyl sites for hydroxylation is 1. The summed E-state index contributed by atoms with van der Waals surface area (Å²) in [5, 5.41) is 7.04. The zero-order valence-corrected chi connectivity index (χ0v) is 14.8. The summed E-state index contributed by atoms with van der Waals surface area (Å²) in [5.74, 6) is -0.00456. The first kappa shape index (κ1) is 17.9. The fourth-order valence-corrected chi connectivity index (χ4v) is 3.23. The SMILES string of the molecule is Cc1cc(C(=O)NC2CCNC2)c(C)n1-c1cccc(Cl)c1.Cl. The molecular formula is C17H21Cl2N3O. The van der Waals surface area contributed by atoms with E-state index in [1.165, 1.54) is 0 Å². The van der Waals surface area contributed by atoms with Crippen molar-refractivity contribution in [1.82, 2.24) is 15.2 Å². The van der Waals surface area contributed by atoms with Crippen molar-refractivity contribution in [2.24, 2.45) is 0 Å². The molecule has 1 fully saturated rings. The number of carbonyl (C=O) groups excluding carboxylic acids is 1. The van der Waals surface area contributed by atoms with Crippen molar-refractivity contribution in [3.8, 4) is 5.69 Å². The number of halogens is 2. The maximum atomic E-state index is 12.5. The molecule has 2 heterocycles. The van der Waals surface area contributed by atoms with Crippen LogP contribution in [0.4, 0.5) is 0 Å². The smallest absolute Gasteiger partial charge is 0.253 e. The molecule has 2 aromatic rings. The van der Waals surface area contributed by atoms with Crippen LogP contribution in [-0.2, 0) is 0 Å². The van der Waals surface area contributed by atoms with Crippen LogP contribution in [0.3, 0.4) is 0 Å². The second-order valence-electron chi connectivity index (χ2n) is 5.76. The molecule has 1 aliphatic heterocycles. The fraction of sp³-hybridized carbons (Fsp3) is 0.353. The normalized spacial score (nSPS) is 16.9. The Balaban J connectivity index is 0.00000192. The lowest BCUT2D eigenvalue weighted by atomic mass is 10.2. The number of amides is 1. The van der Waals surface area contributed by atoms with Crippen LogP contribution in [-0.4, -0.2) is 29.6 Å². The lowest BCUT2D eigenvalue weighted by Crippen LogP contribution is -2.36. The molecule has 2 N–H and O–H groups in total. The van der Waals surface area contributed by atoms with Crippen LogP contribution in [0.15, 0.2) is 30.3 Å². The monoisotopic (exact) mass is 353 g/mol. The summed E-state index contributed by atoms with van der Waals surface area (Å²) in [4.78, 5) is 12.5. The van der Waals surface area contributed by atoms with Gasteiger partial charge in [0.25, 0.3) is 5.91 Å². The van der Waals surface area contributed by atoms with Gasteiger partial charge in [-0.05, 0) is 51.1 Å². The molecule has 0 radical (unpaired) electrons. The molecule has 0 aliphatic carbocycles. The van der Waals surface area contributed by atoms with Gasteiger partial charge in [-0.3, -0.25) is 4.79 Å². The Labute approximate surface area is 147 Å². The molecular weight excluding hydrogens is 333 g/mol. The van der Waals surface area contributed by atoms with Gasteiger partial charge in [0.1, 0.15) is 0 Å². The number of carbonyl (C=O) groups is 1. The van der Waals surface area contributed by atoms with Crippen LogP contribution in [0.5, 0.6) is 0 Å². The number of hydrogen-bond acceptors (Lipinski definition) is 2. The van der Waals surface area contributed by atoms with Gasteiger partial charge in [-0.2, -0.15) is 0 Å². The van der Waals surface area contributed by atoms with Crippen molar-refractivity contribution in [3.05, 3.63) is 52.3 Å². The Kier molecular flexibility index (Phi) is 5.74. The summed E-state index contributed by atoms with van der Waals surface area (Å²) >= 11 is 6.08. The van der Waals surface area contributed by atoms with Crippen LogP contribution in [0.25, 0.3) is 5.69 Å². The maximum Gasteiger partial charge on any atom is 0.253 e. The zero-order valence-electron chi connectivity index (χ0n) is 13.2. The molecule has 0 saturated carbocycles. The average molecular weight is 354 g/mol. The van der Waals surface area contributed by atoms with E-state index in [0.717, 1.165) is 42.1 Å². The van der Waals surface area contributed by atoms with Gasteiger partial charge in [-0.1, -0.05) is 17.7 Å². The first-order valence-electron chi connectivity index (χ1n) is 7.52. The summed E-state index contributed by atoms with van der Waals surface area (Å²) in [5.41, 5.74) is 3.66. The minimum absolute atomic E-state index is 0. The van der Waals surface area contributed by atoms with Gasteiger partial charge in [0.15, 0.2) is 0 Å². The number of nitrogens with zero attached hydrogens (tertiary/aromatic N) is 1. The molecule has 1 atom stereocenters. The topological polar surface area (TPSA) is 46.1 Å². The molecule has 1 aromatic heterocycles. The number of benzene rings is 1. The van der Waals surface area contributed by atoms with Gasteiger partial charge in [0, 0.05) is 34.7 Å². The van der Waals surface area contributed by atoms with Crippen molar-refractivity contribution in [2.45, 2.75) is 26.3 Å². The van der Waals surface area contributed by atoms with Gasteiger partial charge in [0.2, 0.25) is 0 Å². The van der Waals surface area contributed by atoms with Crippen LogP contribution < -0.4 is 10.6 Å². The predicted octanol–water partition coefficient (Wildman–Crippen LogP) is 3.26. The highest BCUT2D eigenvalue weighted by molar-refractivity contribution is 6.30. The number of hydrogen-bond donors (Lipinski definition) is 2. The number of nitrogens with one attached hydrogen (secondary N) is 2. The average Bonchev–Trinajstić information content (AvgIpc) is 3.07. The summed E-state index contributed by atoms with van der Waals surface area (Å²) < 4.78 is 2.06. The molecule has 1 amide bonds. The third-order valence-corrected chi connectivity index (χ3v) is 4.37.